The van der Waals surface area contributed by atoms with Crippen molar-refractivity contribution in [2.24, 2.45) is 0 Å². The van der Waals surface area contributed by atoms with Crippen molar-refractivity contribution >= 4 is 11.9 Å². The second-order valence-corrected chi connectivity index (χ2v) is 11.8. The molecule has 2 radical (unpaired) electrons. The Morgan fingerprint density at radius 2 is 1.15 bits per heavy atom. The maximum atomic E-state index is 12.1. The fourth-order valence-corrected chi connectivity index (χ4v) is 4.04. The number of carbonyl (C=O) groups is 2. The van der Waals surface area contributed by atoms with Crippen LogP contribution in [0.4, 0.5) is 0 Å². The van der Waals surface area contributed by atoms with Crippen LogP contribution in [0.2, 0.25) is 0 Å². The third-order valence-corrected chi connectivity index (χ3v) is 6.15. The molecule has 0 heterocycles. The molecular formula is C32H46O8. The lowest BCUT2D eigenvalue weighted by molar-refractivity contribution is -0.275. The van der Waals surface area contributed by atoms with Gasteiger partial charge in [-0.2, -0.15) is 4.89 Å². The Kier molecular flexibility index (Phi) is 13.6. The quantitative estimate of drug-likeness (QED) is 0.155. The Hall–Kier alpha value is -3.10. The lowest BCUT2D eigenvalue weighted by Gasteiger charge is -2.22. The zero-order valence-electron chi connectivity index (χ0n) is 25.3. The van der Waals surface area contributed by atoms with Crippen molar-refractivity contribution in [1.82, 2.24) is 0 Å². The fraction of sp³-hybridized carbons (Fsp3) is 0.531. The summed E-state index contributed by atoms with van der Waals surface area (Å²) in [5.41, 5.74) is 4.70. The number of benzene rings is 2. The molecule has 0 amide bonds. The van der Waals surface area contributed by atoms with Gasteiger partial charge < -0.3 is 14.9 Å². The lowest BCUT2D eigenvalue weighted by Crippen LogP contribution is -2.15. The first kappa shape index (κ1) is 34.9. The fourth-order valence-electron chi connectivity index (χ4n) is 4.04. The largest absolute Gasteiger partial charge is 0.507 e. The Bertz CT molecular complexity index is 1040. The molecule has 0 aromatic heterocycles. The Morgan fingerprint density at radius 1 is 0.750 bits per heavy atom. The number of rotatable bonds is 10. The highest BCUT2D eigenvalue weighted by atomic mass is 17.2. The van der Waals surface area contributed by atoms with E-state index in [1.807, 2.05) is 79.7 Å². The van der Waals surface area contributed by atoms with Crippen LogP contribution in [0.15, 0.2) is 24.3 Å². The lowest BCUT2D eigenvalue weighted by atomic mass is 9.83. The minimum Gasteiger partial charge on any atom is -0.507 e. The SMILES string of the molecule is Cc1cc(CCC(=O)OCCOOC(=O)CCc2cc(C)c(O)c(C(C)(C)C)c2)cc(C(C)(C)C)c1O.[CH2]C[O]. The summed E-state index contributed by atoms with van der Waals surface area (Å²) in [4.78, 5) is 33.8. The van der Waals surface area contributed by atoms with Crippen LogP contribution in [0.3, 0.4) is 0 Å². The molecule has 222 valence electrons. The van der Waals surface area contributed by atoms with Gasteiger partial charge in [0, 0.05) is 6.42 Å². The summed E-state index contributed by atoms with van der Waals surface area (Å²) < 4.78 is 5.17. The first-order chi connectivity index (χ1) is 18.5. The number of aromatic hydroxyl groups is 2. The number of ether oxygens (including phenoxy) is 1. The molecular weight excluding hydrogens is 512 g/mol. The van der Waals surface area contributed by atoms with Crippen molar-refractivity contribution in [3.8, 4) is 11.5 Å². The van der Waals surface area contributed by atoms with Gasteiger partial charge in [-0.05, 0) is 77.8 Å². The molecule has 2 N–H and O–H groups in total. The summed E-state index contributed by atoms with van der Waals surface area (Å²) in [6, 6.07) is 7.59. The van der Waals surface area contributed by atoms with E-state index in [0.717, 1.165) is 33.4 Å². The van der Waals surface area contributed by atoms with E-state index in [9.17, 15) is 19.8 Å². The van der Waals surface area contributed by atoms with Crippen LogP contribution in [0.25, 0.3) is 0 Å². The van der Waals surface area contributed by atoms with E-state index in [2.05, 4.69) is 6.92 Å². The van der Waals surface area contributed by atoms with Gasteiger partial charge in [0.25, 0.3) is 0 Å². The van der Waals surface area contributed by atoms with Gasteiger partial charge in [0.2, 0.25) is 0 Å². The molecule has 2 rings (SSSR count). The number of carbonyl (C=O) groups excluding carboxylic acids is 2. The Labute approximate surface area is 239 Å². The molecule has 40 heavy (non-hydrogen) atoms. The standard InChI is InChI=1S/C30H42O7.C2H4O/c1-19-15-21(17-23(27(19)33)29(3,4)5)9-11-25(31)35-13-14-36-37-26(32)12-10-22-16-20(2)28(34)24(18-22)30(6,7)8;1-2-3/h15-18,33-34H,9-14H2,1-8H3;1-2H2. The summed E-state index contributed by atoms with van der Waals surface area (Å²) >= 11 is 0. The smallest absolute Gasteiger partial charge is 0.342 e. The number of aryl methyl sites for hydroxylation is 4. The van der Waals surface area contributed by atoms with Gasteiger partial charge >= 0.3 is 11.9 Å². The monoisotopic (exact) mass is 558 g/mol. The molecule has 2 aromatic rings. The van der Waals surface area contributed by atoms with Gasteiger partial charge in [0.1, 0.15) is 24.7 Å². The average Bonchev–Trinajstić information content (AvgIpc) is 2.84. The maximum Gasteiger partial charge on any atom is 0.342 e. The van der Waals surface area contributed by atoms with Crippen molar-refractivity contribution < 1.29 is 39.4 Å². The number of esters is 1. The molecule has 0 saturated heterocycles. The van der Waals surface area contributed by atoms with Crippen molar-refractivity contribution in [1.29, 1.82) is 0 Å². The summed E-state index contributed by atoms with van der Waals surface area (Å²) in [5.74, 6) is -0.329. The minimum absolute atomic E-state index is 0.0277. The maximum absolute atomic E-state index is 12.1. The molecule has 0 spiro atoms. The summed E-state index contributed by atoms with van der Waals surface area (Å²) in [5, 5.41) is 29.5. The topological polar surface area (TPSA) is 122 Å². The molecule has 0 fully saturated rings. The zero-order valence-corrected chi connectivity index (χ0v) is 25.3. The number of phenols is 2. The first-order valence-electron chi connectivity index (χ1n) is 13.5. The van der Waals surface area contributed by atoms with E-state index < -0.39 is 5.97 Å². The van der Waals surface area contributed by atoms with Gasteiger partial charge in [0.05, 0.1) is 13.0 Å². The minimum atomic E-state index is -0.522. The predicted octanol–water partition coefficient (Wildman–Crippen LogP) is 6.14. The molecule has 0 bridgehead atoms. The predicted molar refractivity (Wildman–Crippen MR) is 154 cm³/mol. The third kappa shape index (κ3) is 11.6. The van der Waals surface area contributed by atoms with Crippen molar-refractivity contribution in [2.75, 3.05) is 19.8 Å². The molecule has 0 saturated carbocycles. The summed E-state index contributed by atoms with van der Waals surface area (Å²) in [6.07, 6.45) is 1.26. The van der Waals surface area contributed by atoms with Gasteiger partial charge in [-0.15, -0.1) is 0 Å². The number of hydrogen-bond donors (Lipinski definition) is 2. The van der Waals surface area contributed by atoms with E-state index >= 15 is 0 Å². The molecule has 0 aliphatic rings. The van der Waals surface area contributed by atoms with E-state index in [0.29, 0.717) is 18.6 Å². The van der Waals surface area contributed by atoms with Crippen LogP contribution in [-0.2, 0) is 52.9 Å². The zero-order chi connectivity index (χ0) is 30.7. The second kappa shape index (κ2) is 15.6. The summed E-state index contributed by atoms with van der Waals surface area (Å²) in [7, 11) is 0. The van der Waals surface area contributed by atoms with Crippen LogP contribution < -0.4 is 0 Å². The third-order valence-electron chi connectivity index (χ3n) is 6.15. The second-order valence-electron chi connectivity index (χ2n) is 11.8. The molecule has 8 heteroatoms. The first-order valence-corrected chi connectivity index (χ1v) is 13.5. The van der Waals surface area contributed by atoms with Gasteiger partial charge in [-0.25, -0.2) is 9.90 Å². The van der Waals surface area contributed by atoms with E-state index in [-0.39, 0.29) is 55.2 Å². The van der Waals surface area contributed by atoms with Crippen LogP contribution >= 0.6 is 0 Å². The van der Waals surface area contributed by atoms with Gasteiger partial charge in [-0.3, -0.25) is 9.68 Å². The highest BCUT2D eigenvalue weighted by Gasteiger charge is 2.21. The van der Waals surface area contributed by atoms with Gasteiger partial charge in [-0.1, -0.05) is 65.8 Å². The van der Waals surface area contributed by atoms with Crippen molar-refractivity contribution in [3.63, 3.8) is 0 Å². The van der Waals surface area contributed by atoms with Crippen LogP contribution in [0, 0.1) is 20.8 Å². The highest BCUT2D eigenvalue weighted by molar-refractivity contribution is 5.70. The molecule has 0 unspecified atom stereocenters. The van der Waals surface area contributed by atoms with Crippen LogP contribution in [0.5, 0.6) is 11.5 Å². The highest BCUT2D eigenvalue weighted by Crippen LogP contribution is 2.35. The summed E-state index contributed by atoms with van der Waals surface area (Å²) in [6.45, 7) is 18.4. The molecule has 0 aliphatic carbocycles. The number of phenolic OH excluding ortho intramolecular Hbond substituents is 2. The van der Waals surface area contributed by atoms with Crippen molar-refractivity contribution in [2.45, 2.75) is 91.9 Å². The van der Waals surface area contributed by atoms with Crippen molar-refractivity contribution in [3.05, 3.63) is 64.6 Å². The molecule has 0 aliphatic heterocycles. The van der Waals surface area contributed by atoms with Gasteiger partial charge in [0.15, 0.2) is 0 Å². The Morgan fingerprint density at radius 3 is 1.55 bits per heavy atom. The Balaban J connectivity index is 0.00000254. The van der Waals surface area contributed by atoms with E-state index in [1.54, 1.807) is 0 Å². The molecule has 8 nitrogen and oxygen atoms in total. The van der Waals surface area contributed by atoms with Crippen LogP contribution in [0.1, 0.15) is 87.8 Å². The molecule has 0 atom stereocenters. The number of hydrogen-bond acceptors (Lipinski definition) is 7. The van der Waals surface area contributed by atoms with Crippen LogP contribution in [-0.4, -0.2) is 42.0 Å². The normalized spacial score (nSPS) is 11.4. The van der Waals surface area contributed by atoms with E-state index in [1.165, 1.54) is 0 Å². The average molecular weight is 559 g/mol. The molecule has 2 aromatic carbocycles. The van der Waals surface area contributed by atoms with E-state index in [4.69, 9.17) is 19.6 Å².